The quantitative estimate of drug-likeness (QED) is 0.714. The predicted molar refractivity (Wildman–Crippen MR) is 57.3 cm³/mol. The fourth-order valence-electron chi connectivity index (χ4n) is 1.99. The topological polar surface area (TPSA) is 69.1 Å². The SMILES string of the molecule is Cl.NC(=O)C1c2ccccc2CC1N. The standard InChI is InChI=1S/C10H12N2O.ClH/c11-8-5-6-3-1-2-4-7(6)9(8)10(12)13;/h1-4,8-9H,5,11H2,(H2,12,13);1H. The first-order valence-corrected chi connectivity index (χ1v) is 4.33. The van der Waals surface area contributed by atoms with Crippen molar-refractivity contribution in [3.8, 4) is 0 Å². The third-order valence-electron chi connectivity index (χ3n) is 2.58. The first-order valence-electron chi connectivity index (χ1n) is 4.33. The second kappa shape index (κ2) is 3.98. The summed E-state index contributed by atoms with van der Waals surface area (Å²) in [6, 6.07) is 7.65. The van der Waals surface area contributed by atoms with E-state index in [9.17, 15) is 4.79 Å². The fourth-order valence-corrected chi connectivity index (χ4v) is 1.99. The molecule has 0 heterocycles. The van der Waals surface area contributed by atoms with Gasteiger partial charge in [0.05, 0.1) is 5.92 Å². The van der Waals surface area contributed by atoms with E-state index in [0.717, 1.165) is 17.5 Å². The molecule has 14 heavy (non-hydrogen) atoms. The summed E-state index contributed by atoms with van der Waals surface area (Å²) in [4.78, 5) is 11.1. The van der Waals surface area contributed by atoms with E-state index in [-0.39, 0.29) is 30.3 Å². The molecular weight excluding hydrogens is 200 g/mol. The molecule has 0 aliphatic heterocycles. The van der Waals surface area contributed by atoms with Crippen LogP contribution in [-0.2, 0) is 11.2 Å². The Hall–Kier alpha value is -1.06. The highest BCUT2D eigenvalue weighted by Crippen LogP contribution is 2.31. The minimum Gasteiger partial charge on any atom is -0.369 e. The Bertz CT molecular complexity index is 354. The van der Waals surface area contributed by atoms with Gasteiger partial charge in [-0.2, -0.15) is 0 Å². The van der Waals surface area contributed by atoms with Crippen molar-refractivity contribution in [1.82, 2.24) is 0 Å². The van der Waals surface area contributed by atoms with Crippen LogP contribution in [0.15, 0.2) is 24.3 Å². The van der Waals surface area contributed by atoms with Gasteiger partial charge < -0.3 is 11.5 Å². The Labute approximate surface area is 88.9 Å². The zero-order chi connectivity index (χ0) is 9.42. The number of fused-ring (bicyclic) bond motifs is 1. The number of hydrogen-bond acceptors (Lipinski definition) is 2. The van der Waals surface area contributed by atoms with Gasteiger partial charge in [-0.25, -0.2) is 0 Å². The molecule has 4 heteroatoms. The number of carbonyl (C=O) groups excluding carboxylic acids is 1. The van der Waals surface area contributed by atoms with Crippen LogP contribution in [0.2, 0.25) is 0 Å². The lowest BCUT2D eigenvalue weighted by molar-refractivity contribution is -0.119. The third-order valence-corrected chi connectivity index (χ3v) is 2.58. The summed E-state index contributed by atoms with van der Waals surface area (Å²) in [5.41, 5.74) is 13.3. The summed E-state index contributed by atoms with van der Waals surface area (Å²) >= 11 is 0. The van der Waals surface area contributed by atoms with Crippen molar-refractivity contribution in [3.63, 3.8) is 0 Å². The molecule has 1 amide bonds. The normalized spacial score (nSPS) is 23.8. The number of halogens is 1. The number of primary amides is 1. The highest BCUT2D eigenvalue weighted by molar-refractivity contribution is 5.85. The van der Waals surface area contributed by atoms with Crippen LogP contribution < -0.4 is 11.5 Å². The van der Waals surface area contributed by atoms with Gasteiger partial charge in [0.2, 0.25) is 5.91 Å². The average molecular weight is 213 g/mol. The minimum absolute atomic E-state index is 0. The van der Waals surface area contributed by atoms with Gasteiger partial charge in [-0.05, 0) is 17.5 Å². The molecule has 1 aromatic rings. The lowest BCUT2D eigenvalue weighted by Gasteiger charge is -2.11. The molecule has 0 spiro atoms. The van der Waals surface area contributed by atoms with E-state index in [4.69, 9.17) is 11.5 Å². The molecular formula is C10H13ClN2O. The zero-order valence-corrected chi connectivity index (χ0v) is 8.46. The van der Waals surface area contributed by atoms with Crippen LogP contribution in [0.1, 0.15) is 17.0 Å². The van der Waals surface area contributed by atoms with Gasteiger partial charge in [0.1, 0.15) is 0 Å². The Kier molecular flexibility index (Phi) is 3.13. The molecule has 0 bridgehead atoms. The van der Waals surface area contributed by atoms with Gasteiger partial charge in [-0.3, -0.25) is 4.79 Å². The van der Waals surface area contributed by atoms with Crippen LogP contribution in [0.5, 0.6) is 0 Å². The Morgan fingerprint density at radius 3 is 2.64 bits per heavy atom. The molecule has 2 unspecified atom stereocenters. The lowest BCUT2D eigenvalue weighted by atomic mass is 9.98. The molecule has 2 rings (SSSR count). The molecule has 3 nitrogen and oxygen atoms in total. The lowest BCUT2D eigenvalue weighted by Crippen LogP contribution is -2.34. The molecule has 1 aliphatic rings. The molecule has 0 radical (unpaired) electrons. The maximum atomic E-state index is 11.1. The molecule has 0 saturated heterocycles. The molecule has 1 aromatic carbocycles. The zero-order valence-electron chi connectivity index (χ0n) is 7.64. The van der Waals surface area contributed by atoms with Gasteiger partial charge in [0.15, 0.2) is 0 Å². The first kappa shape index (κ1) is 11.0. The van der Waals surface area contributed by atoms with Gasteiger partial charge in [-0.15, -0.1) is 12.4 Å². The number of amides is 1. The molecule has 4 N–H and O–H groups in total. The molecule has 0 aromatic heterocycles. The Morgan fingerprint density at radius 1 is 1.36 bits per heavy atom. The summed E-state index contributed by atoms with van der Waals surface area (Å²) < 4.78 is 0. The van der Waals surface area contributed by atoms with E-state index >= 15 is 0 Å². The van der Waals surface area contributed by atoms with Crippen molar-refractivity contribution in [3.05, 3.63) is 35.4 Å². The summed E-state index contributed by atoms with van der Waals surface area (Å²) in [7, 11) is 0. The van der Waals surface area contributed by atoms with Crippen molar-refractivity contribution < 1.29 is 4.79 Å². The van der Waals surface area contributed by atoms with E-state index in [1.165, 1.54) is 0 Å². The molecule has 76 valence electrons. The van der Waals surface area contributed by atoms with Gasteiger partial charge in [0.25, 0.3) is 0 Å². The van der Waals surface area contributed by atoms with Gasteiger partial charge in [0, 0.05) is 6.04 Å². The summed E-state index contributed by atoms with van der Waals surface area (Å²) in [6.45, 7) is 0. The monoisotopic (exact) mass is 212 g/mol. The van der Waals surface area contributed by atoms with Crippen molar-refractivity contribution in [1.29, 1.82) is 0 Å². The van der Waals surface area contributed by atoms with Crippen LogP contribution in [0.25, 0.3) is 0 Å². The second-order valence-electron chi connectivity index (χ2n) is 3.45. The first-order chi connectivity index (χ1) is 6.20. The second-order valence-corrected chi connectivity index (χ2v) is 3.45. The largest absolute Gasteiger partial charge is 0.369 e. The van der Waals surface area contributed by atoms with Crippen molar-refractivity contribution in [2.24, 2.45) is 11.5 Å². The van der Waals surface area contributed by atoms with E-state index in [2.05, 4.69) is 0 Å². The van der Waals surface area contributed by atoms with Crippen LogP contribution in [0.4, 0.5) is 0 Å². The number of benzene rings is 1. The minimum atomic E-state index is -0.322. The van der Waals surface area contributed by atoms with Crippen LogP contribution in [0.3, 0.4) is 0 Å². The van der Waals surface area contributed by atoms with Gasteiger partial charge in [-0.1, -0.05) is 24.3 Å². The number of hydrogen-bond donors (Lipinski definition) is 2. The van der Waals surface area contributed by atoms with Crippen molar-refractivity contribution in [2.75, 3.05) is 0 Å². The van der Waals surface area contributed by atoms with Crippen LogP contribution >= 0.6 is 12.4 Å². The van der Waals surface area contributed by atoms with E-state index in [1.54, 1.807) is 0 Å². The highest BCUT2D eigenvalue weighted by atomic mass is 35.5. The van der Waals surface area contributed by atoms with Crippen molar-refractivity contribution in [2.45, 2.75) is 18.4 Å². The van der Waals surface area contributed by atoms with E-state index < -0.39 is 0 Å². The molecule has 0 saturated carbocycles. The average Bonchev–Trinajstić information content (AvgIpc) is 2.39. The van der Waals surface area contributed by atoms with Crippen molar-refractivity contribution >= 4 is 18.3 Å². The van der Waals surface area contributed by atoms with Crippen LogP contribution in [-0.4, -0.2) is 11.9 Å². The summed E-state index contributed by atoms with van der Waals surface area (Å²) in [6.07, 6.45) is 0.754. The highest BCUT2D eigenvalue weighted by Gasteiger charge is 2.33. The molecule has 2 atom stereocenters. The number of rotatable bonds is 1. The maximum Gasteiger partial charge on any atom is 0.226 e. The molecule has 0 fully saturated rings. The van der Waals surface area contributed by atoms with Gasteiger partial charge >= 0.3 is 0 Å². The van der Waals surface area contributed by atoms with E-state index in [0.29, 0.717) is 0 Å². The third kappa shape index (κ3) is 1.61. The maximum absolute atomic E-state index is 11.1. The summed E-state index contributed by atoms with van der Waals surface area (Å²) in [5.74, 6) is -0.617. The Morgan fingerprint density at radius 2 is 2.00 bits per heavy atom. The number of carbonyl (C=O) groups is 1. The van der Waals surface area contributed by atoms with E-state index in [1.807, 2.05) is 24.3 Å². The fraction of sp³-hybridized carbons (Fsp3) is 0.300. The number of nitrogens with two attached hydrogens (primary N) is 2. The molecule has 1 aliphatic carbocycles. The summed E-state index contributed by atoms with van der Waals surface area (Å²) in [5, 5.41) is 0. The smallest absolute Gasteiger partial charge is 0.226 e. The van der Waals surface area contributed by atoms with Crippen LogP contribution in [0, 0.1) is 0 Å². The Balaban J connectivity index is 0.000000980. The predicted octanol–water partition coefficient (Wildman–Crippen LogP) is 0.561.